The highest BCUT2D eigenvalue weighted by atomic mass is 32.2. The number of halogens is 2. The van der Waals surface area contributed by atoms with Gasteiger partial charge in [-0.25, -0.2) is 8.78 Å². The molecule has 0 N–H and O–H groups in total. The summed E-state index contributed by atoms with van der Waals surface area (Å²) in [4.78, 5) is 14.5. The summed E-state index contributed by atoms with van der Waals surface area (Å²) in [5, 5.41) is 18.0. The fourth-order valence-corrected chi connectivity index (χ4v) is 4.17. The molecule has 0 aliphatic carbocycles. The van der Waals surface area contributed by atoms with Crippen LogP contribution in [0.1, 0.15) is 6.42 Å². The molecule has 0 aliphatic heterocycles. The highest BCUT2D eigenvalue weighted by Crippen LogP contribution is 2.28. The van der Waals surface area contributed by atoms with Gasteiger partial charge in [0.15, 0.2) is 11.0 Å². The molecule has 0 unspecified atom stereocenters. The molecular weight excluding hydrogens is 456 g/mol. The summed E-state index contributed by atoms with van der Waals surface area (Å²) in [6.07, 6.45) is 0.137. The molecule has 0 aliphatic rings. The molecule has 1 heterocycles. The van der Waals surface area contributed by atoms with Crippen molar-refractivity contribution in [2.45, 2.75) is 11.6 Å². The maximum Gasteiger partial charge on any atom is 0.237 e. The van der Waals surface area contributed by atoms with Crippen LogP contribution in [-0.2, 0) is 4.79 Å². The Morgan fingerprint density at radius 3 is 2.24 bits per heavy atom. The Balaban J connectivity index is 1.62. The number of rotatable bonds is 8. The molecule has 0 spiro atoms. The van der Waals surface area contributed by atoms with Gasteiger partial charge in [0.25, 0.3) is 0 Å². The third-order valence-electron chi connectivity index (χ3n) is 4.96. The predicted octanol–water partition coefficient (Wildman–Crippen LogP) is 5.25. The van der Waals surface area contributed by atoms with Crippen molar-refractivity contribution in [1.29, 1.82) is 5.26 Å². The third-order valence-corrected chi connectivity index (χ3v) is 5.88. The number of benzene rings is 3. The van der Waals surface area contributed by atoms with E-state index in [0.29, 0.717) is 22.4 Å². The van der Waals surface area contributed by atoms with Gasteiger partial charge in [0.05, 0.1) is 18.2 Å². The summed E-state index contributed by atoms with van der Waals surface area (Å²) < 4.78 is 28.7. The van der Waals surface area contributed by atoms with E-state index in [2.05, 4.69) is 10.2 Å². The fourth-order valence-electron chi connectivity index (χ4n) is 3.35. The van der Waals surface area contributed by atoms with E-state index in [4.69, 9.17) is 5.26 Å². The molecule has 1 amide bonds. The molecule has 0 bridgehead atoms. The number of carbonyl (C=O) groups is 1. The number of nitrogens with zero attached hydrogens (tertiary/aromatic N) is 5. The zero-order valence-electron chi connectivity index (χ0n) is 17.9. The first kappa shape index (κ1) is 23.1. The van der Waals surface area contributed by atoms with Gasteiger partial charge in [-0.05, 0) is 48.5 Å². The van der Waals surface area contributed by atoms with Gasteiger partial charge in [-0.15, -0.1) is 10.2 Å². The van der Waals surface area contributed by atoms with Crippen LogP contribution in [0.5, 0.6) is 0 Å². The molecule has 3 aromatic carbocycles. The number of thioether (sulfide) groups is 1. The largest absolute Gasteiger partial charge is 0.311 e. The van der Waals surface area contributed by atoms with Crippen LogP contribution >= 0.6 is 11.8 Å². The molecule has 4 aromatic rings. The van der Waals surface area contributed by atoms with Crippen LogP contribution in [0, 0.1) is 23.0 Å². The number of aromatic nitrogens is 3. The standard InChI is InChI=1S/C25H19F2N5OS/c26-19-7-11-21(12-8-19)31(16-4-15-28)23(33)17-34-25-30-29-24(18-5-2-1-3-6-18)32(25)22-13-9-20(27)10-14-22/h1-3,5-14H,4,16-17H2. The first-order valence-electron chi connectivity index (χ1n) is 10.4. The van der Waals surface area contributed by atoms with Crippen LogP contribution in [0.2, 0.25) is 0 Å². The molecule has 170 valence electrons. The Labute approximate surface area is 199 Å². The third kappa shape index (κ3) is 5.30. The normalized spacial score (nSPS) is 10.6. The molecule has 1 aromatic heterocycles. The van der Waals surface area contributed by atoms with E-state index in [1.165, 1.54) is 53.1 Å². The van der Waals surface area contributed by atoms with E-state index in [1.54, 1.807) is 16.7 Å². The highest BCUT2D eigenvalue weighted by Gasteiger charge is 2.20. The molecule has 0 atom stereocenters. The van der Waals surface area contributed by atoms with Gasteiger partial charge in [0, 0.05) is 23.5 Å². The van der Waals surface area contributed by atoms with Crippen LogP contribution in [0.15, 0.2) is 84.0 Å². The number of carbonyl (C=O) groups excluding carboxylic acids is 1. The summed E-state index contributed by atoms with van der Waals surface area (Å²) in [7, 11) is 0. The smallest absolute Gasteiger partial charge is 0.237 e. The van der Waals surface area contributed by atoms with Crippen molar-refractivity contribution in [3.8, 4) is 23.1 Å². The summed E-state index contributed by atoms with van der Waals surface area (Å²) >= 11 is 1.18. The van der Waals surface area contributed by atoms with Gasteiger partial charge in [-0.1, -0.05) is 42.1 Å². The van der Waals surface area contributed by atoms with Gasteiger partial charge in [0.1, 0.15) is 11.6 Å². The quantitative estimate of drug-likeness (QED) is 0.325. The second-order valence-electron chi connectivity index (χ2n) is 7.20. The van der Waals surface area contributed by atoms with Gasteiger partial charge < -0.3 is 4.90 Å². The van der Waals surface area contributed by atoms with Crippen molar-refractivity contribution in [3.05, 3.63) is 90.5 Å². The number of anilines is 1. The average molecular weight is 476 g/mol. The zero-order valence-corrected chi connectivity index (χ0v) is 18.8. The second-order valence-corrected chi connectivity index (χ2v) is 8.15. The summed E-state index contributed by atoms with van der Waals surface area (Å²) in [6.45, 7) is 0.182. The van der Waals surface area contributed by atoms with Crippen LogP contribution in [0.3, 0.4) is 0 Å². The molecule has 6 nitrogen and oxygen atoms in total. The van der Waals surface area contributed by atoms with Crippen molar-refractivity contribution in [2.75, 3.05) is 17.2 Å². The van der Waals surface area contributed by atoms with Gasteiger partial charge in [-0.3, -0.25) is 9.36 Å². The van der Waals surface area contributed by atoms with E-state index < -0.39 is 5.82 Å². The number of hydrogen-bond acceptors (Lipinski definition) is 5. The molecule has 34 heavy (non-hydrogen) atoms. The first-order chi connectivity index (χ1) is 16.6. The van der Waals surface area contributed by atoms with Crippen LogP contribution in [-0.4, -0.2) is 33.0 Å². The van der Waals surface area contributed by atoms with E-state index in [1.807, 2.05) is 36.4 Å². The van der Waals surface area contributed by atoms with E-state index in [-0.39, 0.29) is 30.4 Å². The van der Waals surface area contributed by atoms with Gasteiger partial charge in [0.2, 0.25) is 5.91 Å². The lowest BCUT2D eigenvalue weighted by molar-refractivity contribution is -0.116. The van der Waals surface area contributed by atoms with Crippen molar-refractivity contribution in [2.24, 2.45) is 0 Å². The van der Waals surface area contributed by atoms with Gasteiger partial charge >= 0.3 is 0 Å². The Bertz CT molecular complexity index is 1300. The first-order valence-corrected chi connectivity index (χ1v) is 11.4. The van der Waals surface area contributed by atoms with Gasteiger partial charge in [-0.2, -0.15) is 5.26 Å². The minimum absolute atomic E-state index is 0.0108. The minimum atomic E-state index is -0.411. The maximum atomic E-state index is 13.5. The average Bonchev–Trinajstić information content (AvgIpc) is 3.29. The second kappa shape index (κ2) is 10.7. The fraction of sp³-hybridized carbons (Fsp3) is 0.120. The topological polar surface area (TPSA) is 74.8 Å². The SMILES string of the molecule is N#CCCN(C(=O)CSc1nnc(-c2ccccc2)n1-c1ccc(F)cc1)c1ccc(F)cc1. The molecule has 0 fully saturated rings. The van der Waals surface area contributed by atoms with Crippen LogP contribution in [0.25, 0.3) is 17.1 Å². The predicted molar refractivity (Wildman–Crippen MR) is 126 cm³/mol. The Hall–Kier alpha value is -4.03. The molecule has 9 heteroatoms. The zero-order chi connectivity index (χ0) is 23.9. The number of amides is 1. The molecule has 0 saturated carbocycles. The lowest BCUT2D eigenvalue weighted by atomic mass is 10.2. The van der Waals surface area contributed by atoms with Crippen molar-refractivity contribution in [3.63, 3.8) is 0 Å². The monoisotopic (exact) mass is 475 g/mol. The Morgan fingerprint density at radius 1 is 0.941 bits per heavy atom. The maximum absolute atomic E-state index is 13.5. The molecule has 4 rings (SSSR count). The van der Waals surface area contributed by atoms with E-state index in [9.17, 15) is 13.6 Å². The lowest BCUT2D eigenvalue weighted by Gasteiger charge is -2.21. The molecular formula is C25H19F2N5OS. The van der Waals surface area contributed by atoms with Crippen LogP contribution < -0.4 is 4.90 Å². The van der Waals surface area contributed by atoms with Crippen molar-refractivity contribution < 1.29 is 13.6 Å². The van der Waals surface area contributed by atoms with Crippen molar-refractivity contribution in [1.82, 2.24) is 14.8 Å². The highest BCUT2D eigenvalue weighted by molar-refractivity contribution is 7.99. The molecule has 0 radical (unpaired) electrons. The van der Waals surface area contributed by atoms with E-state index in [0.717, 1.165) is 5.56 Å². The molecule has 0 saturated heterocycles. The number of hydrogen-bond donors (Lipinski definition) is 0. The van der Waals surface area contributed by atoms with Crippen molar-refractivity contribution >= 4 is 23.4 Å². The summed E-state index contributed by atoms with van der Waals surface area (Å²) in [6, 6.07) is 23.0. The Morgan fingerprint density at radius 2 is 1.59 bits per heavy atom. The van der Waals surface area contributed by atoms with E-state index >= 15 is 0 Å². The van der Waals surface area contributed by atoms with Crippen LogP contribution in [0.4, 0.5) is 14.5 Å². The summed E-state index contributed by atoms with van der Waals surface area (Å²) in [5.74, 6) is -0.470. The Kier molecular flexibility index (Phi) is 7.30. The lowest BCUT2D eigenvalue weighted by Crippen LogP contribution is -2.33. The summed E-state index contributed by atoms with van der Waals surface area (Å²) in [5.41, 5.74) is 1.98. The minimum Gasteiger partial charge on any atom is -0.311 e. The number of nitriles is 1.